The summed E-state index contributed by atoms with van der Waals surface area (Å²) >= 11 is 7.19. The molecule has 10 heteroatoms. The summed E-state index contributed by atoms with van der Waals surface area (Å²) in [5.41, 5.74) is 0.351. The zero-order chi connectivity index (χ0) is 19.2. The molecule has 2 atom stereocenters. The van der Waals surface area contributed by atoms with E-state index in [4.69, 9.17) is 11.6 Å². The molecule has 1 aromatic carbocycles. The highest BCUT2D eigenvalue weighted by atomic mass is 35.5. The Kier molecular flexibility index (Phi) is 4.53. The minimum absolute atomic E-state index is 0.0164. The van der Waals surface area contributed by atoms with Crippen LogP contribution >= 0.6 is 22.9 Å². The van der Waals surface area contributed by atoms with Gasteiger partial charge in [0, 0.05) is 16.6 Å². The highest BCUT2D eigenvalue weighted by Gasteiger charge is 2.48. The molecule has 2 heterocycles. The number of fused-ring (bicyclic) bond motifs is 1. The molecule has 1 fully saturated rings. The third kappa shape index (κ3) is 3.26. The summed E-state index contributed by atoms with van der Waals surface area (Å²) in [5, 5.41) is 2.51. The van der Waals surface area contributed by atoms with E-state index in [0.29, 0.717) is 23.6 Å². The van der Waals surface area contributed by atoms with Crippen LogP contribution < -0.4 is 9.62 Å². The predicted molar refractivity (Wildman–Crippen MR) is 102 cm³/mol. The van der Waals surface area contributed by atoms with E-state index < -0.39 is 21.9 Å². The van der Waals surface area contributed by atoms with Crippen molar-refractivity contribution < 1.29 is 18.0 Å². The molecule has 7 nitrogen and oxygen atoms in total. The number of thiazole rings is 1. The molecule has 2 aromatic rings. The second-order valence-electron chi connectivity index (χ2n) is 6.25. The molecule has 0 spiro atoms. The molecule has 1 N–H and O–H groups in total. The summed E-state index contributed by atoms with van der Waals surface area (Å²) in [7, 11) is -3.79. The van der Waals surface area contributed by atoms with Crippen molar-refractivity contribution in [1.29, 1.82) is 0 Å². The monoisotopic (exact) mass is 423 g/mol. The number of hydrogen-bond acceptors (Lipinski definition) is 6. The van der Waals surface area contributed by atoms with Crippen molar-refractivity contribution in [3.63, 3.8) is 0 Å². The number of nitrogens with one attached hydrogen (secondary N) is 1. The van der Waals surface area contributed by atoms with Crippen LogP contribution in [-0.2, 0) is 19.6 Å². The smallest absolute Gasteiger partial charge is 0.263 e. The first-order valence-electron chi connectivity index (χ1n) is 8.11. The Bertz CT molecular complexity index is 1030. The Labute approximate surface area is 164 Å². The Balaban J connectivity index is 1.58. The number of carbonyl (C=O) groups excluding carboxylic acids is 2. The van der Waals surface area contributed by atoms with Crippen LogP contribution in [0.4, 0.5) is 10.8 Å². The van der Waals surface area contributed by atoms with Crippen molar-refractivity contribution in [2.45, 2.75) is 17.7 Å². The lowest BCUT2D eigenvalue weighted by Gasteiger charge is -2.17. The Morgan fingerprint density at radius 1 is 1.15 bits per heavy atom. The van der Waals surface area contributed by atoms with Gasteiger partial charge < -0.3 is 0 Å². The molecule has 2 amide bonds. The molecule has 1 aliphatic carbocycles. The maximum absolute atomic E-state index is 12.7. The summed E-state index contributed by atoms with van der Waals surface area (Å²) in [6.45, 7) is 0. The highest BCUT2D eigenvalue weighted by molar-refractivity contribution is 7.93. The molecule has 4 rings (SSSR count). The number of allylic oxidation sites excluding steroid dienone is 2. The quantitative estimate of drug-likeness (QED) is 0.762. The first kappa shape index (κ1) is 18.1. The fourth-order valence-electron chi connectivity index (χ4n) is 3.30. The summed E-state index contributed by atoms with van der Waals surface area (Å²) < 4.78 is 27.2. The predicted octanol–water partition coefficient (Wildman–Crippen LogP) is 2.97. The number of carbonyl (C=O) groups is 2. The molecular formula is C17H14ClN3O4S2. The second-order valence-corrected chi connectivity index (χ2v) is 9.31. The van der Waals surface area contributed by atoms with Crippen molar-refractivity contribution in [3.05, 3.63) is 47.0 Å². The van der Waals surface area contributed by atoms with Crippen LogP contribution in [0.15, 0.2) is 51.8 Å². The minimum Gasteiger partial charge on any atom is -0.274 e. The SMILES string of the molecule is O=C1[C@H]2CC=C(Cl)C[C@@H]2C(=O)N1c1ccc(S(=O)(=O)Nc2nccs2)cc1. The van der Waals surface area contributed by atoms with Gasteiger partial charge in [0.2, 0.25) is 11.8 Å². The van der Waals surface area contributed by atoms with Crippen LogP contribution in [-0.4, -0.2) is 25.2 Å². The molecule has 0 unspecified atom stereocenters. The molecule has 1 saturated heterocycles. The second kappa shape index (κ2) is 6.74. The van der Waals surface area contributed by atoms with Gasteiger partial charge in [-0.2, -0.15) is 0 Å². The van der Waals surface area contributed by atoms with Gasteiger partial charge in [0.25, 0.3) is 10.0 Å². The van der Waals surface area contributed by atoms with Gasteiger partial charge in [-0.3, -0.25) is 19.2 Å². The van der Waals surface area contributed by atoms with Gasteiger partial charge in [0.1, 0.15) is 0 Å². The average Bonchev–Trinajstić information content (AvgIpc) is 3.22. The normalized spacial score (nSPS) is 22.6. The third-order valence-corrected chi connectivity index (χ3v) is 7.11. The average molecular weight is 424 g/mol. The summed E-state index contributed by atoms with van der Waals surface area (Å²) in [5.74, 6) is -1.44. The van der Waals surface area contributed by atoms with Crippen LogP contribution in [0, 0.1) is 11.8 Å². The van der Waals surface area contributed by atoms with Gasteiger partial charge in [-0.05, 0) is 37.1 Å². The van der Waals surface area contributed by atoms with Crippen LogP contribution in [0.3, 0.4) is 0 Å². The van der Waals surface area contributed by atoms with Gasteiger partial charge in [-0.15, -0.1) is 11.3 Å². The first-order chi connectivity index (χ1) is 12.9. The number of aromatic nitrogens is 1. The Morgan fingerprint density at radius 2 is 1.85 bits per heavy atom. The van der Waals surface area contributed by atoms with Crippen molar-refractivity contribution >= 4 is 55.6 Å². The fourth-order valence-corrected chi connectivity index (χ4v) is 5.35. The molecule has 27 heavy (non-hydrogen) atoms. The van der Waals surface area contributed by atoms with Gasteiger partial charge >= 0.3 is 0 Å². The van der Waals surface area contributed by atoms with Crippen LogP contribution in [0.5, 0.6) is 0 Å². The maximum Gasteiger partial charge on any atom is 0.263 e. The summed E-state index contributed by atoms with van der Waals surface area (Å²) in [6.07, 6.45) is 4.07. The van der Waals surface area contributed by atoms with Crippen molar-refractivity contribution in [2.24, 2.45) is 11.8 Å². The van der Waals surface area contributed by atoms with E-state index in [1.54, 1.807) is 11.5 Å². The number of hydrogen-bond donors (Lipinski definition) is 1. The third-order valence-electron chi connectivity index (χ3n) is 4.63. The van der Waals surface area contributed by atoms with E-state index >= 15 is 0 Å². The van der Waals surface area contributed by atoms with E-state index in [9.17, 15) is 18.0 Å². The van der Waals surface area contributed by atoms with E-state index in [-0.39, 0.29) is 21.8 Å². The van der Waals surface area contributed by atoms with Crippen LogP contribution in [0.2, 0.25) is 0 Å². The number of amides is 2. The van der Waals surface area contributed by atoms with Gasteiger partial charge in [0.15, 0.2) is 5.13 Å². The molecular weight excluding hydrogens is 410 g/mol. The lowest BCUT2D eigenvalue weighted by Crippen LogP contribution is -2.30. The maximum atomic E-state index is 12.7. The zero-order valence-electron chi connectivity index (χ0n) is 13.8. The molecule has 1 aliphatic heterocycles. The molecule has 0 saturated carbocycles. The summed E-state index contributed by atoms with van der Waals surface area (Å²) in [6, 6.07) is 5.63. The standard InChI is InChI=1S/C17H14ClN3O4S2/c18-10-1-6-13-14(9-10)16(23)21(15(13)22)11-2-4-12(5-3-11)27(24,25)20-17-19-7-8-26-17/h1-5,7-8,13-14H,6,9H2,(H,19,20)/t13-,14-/m0/s1. The molecule has 0 bridgehead atoms. The Hall–Kier alpha value is -2.23. The largest absolute Gasteiger partial charge is 0.274 e. The van der Waals surface area contributed by atoms with Crippen LogP contribution in [0.1, 0.15) is 12.8 Å². The van der Waals surface area contributed by atoms with E-state index in [1.165, 1.54) is 41.8 Å². The topological polar surface area (TPSA) is 96.4 Å². The molecule has 140 valence electrons. The lowest BCUT2D eigenvalue weighted by atomic mass is 9.85. The fraction of sp³-hybridized carbons (Fsp3) is 0.235. The van der Waals surface area contributed by atoms with Crippen molar-refractivity contribution in [1.82, 2.24) is 4.98 Å². The zero-order valence-corrected chi connectivity index (χ0v) is 16.2. The van der Waals surface area contributed by atoms with E-state index in [0.717, 1.165) is 4.90 Å². The van der Waals surface area contributed by atoms with E-state index in [1.807, 2.05) is 0 Å². The Morgan fingerprint density at radius 3 is 2.52 bits per heavy atom. The van der Waals surface area contributed by atoms with Crippen molar-refractivity contribution in [2.75, 3.05) is 9.62 Å². The number of imide groups is 1. The number of halogens is 1. The molecule has 0 radical (unpaired) electrons. The van der Waals surface area contributed by atoms with Crippen LogP contribution in [0.25, 0.3) is 0 Å². The number of nitrogens with zero attached hydrogens (tertiary/aromatic N) is 2. The number of sulfonamides is 1. The number of benzene rings is 1. The van der Waals surface area contributed by atoms with Gasteiger partial charge in [-0.1, -0.05) is 17.7 Å². The lowest BCUT2D eigenvalue weighted by molar-refractivity contribution is -0.122. The molecule has 2 aliphatic rings. The van der Waals surface area contributed by atoms with Crippen molar-refractivity contribution in [3.8, 4) is 0 Å². The molecule has 1 aromatic heterocycles. The van der Waals surface area contributed by atoms with E-state index in [2.05, 4.69) is 9.71 Å². The number of rotatable bonds is 4. The highest BCUT2D eigenvalue weighted by Crippen LogP contribution is 2.40. The summed E-state index contributed by atoms with van der Waals surface area (Å²) in [4.78, 5) is 30.4. The minimum atomic E-state index is -3.79. The van der Waals surface area contributed by atoms with Gasteiger partial charge in [-0.25, -0.2) is 13.4 Å². The first-order valence-corrected chi connectivity index (χ1v) is 10.9. The van der Waals surface area contributed by atoms with Gasteiger partial charge in [0.05, 0.1) is 22.4 Å². The number of anilines is 2.